The molecule has 2 aromatic carbocycles. The molecule has 0 bridgehead atoms. The molecular weight excluding hydrogens is 410 g/mol. The molecule has 1 aliphatic carbocycles. The Kier molecular flexibility index (Phi) is 5.94. The number of anilines is 1. The van der Waals surface area contributed by atoms with E-state index < -0.39 is 6.04 Å². The zero-order chi connectivity index (χ0) is 22.8. The van der Waals surface area contributed by atoms with E-state index in [2.05, 4.69) is 10.3 Å². The SMILES string of the molecule is COc1ccc(CNc2cccc3nc(C)n(C4CCC(=O)CC4=O)c(=O)c23)c(OC)c1. The van der Waals surface area contributed by atoms with Gasteiger partial charge in [-0.3, -0.25) is 19.0 Å². The number of fused-ring (bicyclic) bond motifs is 1. The molecule has 0 saturated heterocycles. The number of aromatic nitrogens is 2. The fourth-order valence-corrected chi connectivity index (χ4v) is 4.19. The highest BCUT2D eigenvalue weighted by atomic mass is 16.5. The number of nitrogens with zero attached hydrogens (tertiary/aromatic N) is 2. The molecule has 0 amide bonds. The van der Waals surface area contributed by atoms with E-state index in [0.29, 0.717) is 46.9 Å². The Bertz CT molecular complexity index is 1260. The first-order valence-electron chi connectivity index (χ1n) is 10.4. The molecule has 1 aliphatic rings. The number of carbonyl (C=O) groups is 2. The third-order valence-corrected chi connectivity index (χ3v) is 5.82. The Morgan fingerprint density at radius 3 is 2.66 bits per heavy atom. The predicted molar refractivity (Wildman–Crippen MR) is 121 cm³/mol. The summed E-state index contributed by atoms with van der Waals surface area (Å²) in [6.07, 6.45) is 0.480. The topological polar surface area (TPSA) is 99.5 Å². The van der Waals surface area contributed by atoms with Crippen molar-refractivity contribution < 1.29 is 19.1 Å². The van der Waals surface area contributed by atoms with Crippen LogP contribution in [0.1, 0.15) is 36.7 Å². The van der Waals surface area contributed by atoms with Gasteiger partial charge < -0.3 is 14.8 Å². The van der Waals surface area contributed by atoms with E-state index in [1.165, 1.54) is 4.57 Å². The lowest BCUT2D eigenvalue weighted by Gasteiger charge is -2.24. The third kappa shape index (κ3) is 3.95. The number of aryl methyl sites for hydroxylation is 1. The first-order valence-corrected chi connectivity index (χ1v) is 10.4. The fraction of sp³-hybridized carbons (Fsp3) is 0.333. The van der Waals surface area contributed by atoms with E-state index >= 15 is 0 Å². The quantitative estimate of drug-likeness (QED) is 0.594. The zero-order valence-electron chi connectivity index (χ0n) is 18.3. The lowest BCUT2D eigenvalue weighted by atomic mass is 9.92. The number of carbonyl (C=O) groups excluding carboxylic acids is 2. The van der Waals surface area contributed by atoms with Gasteiger partial charge in [-0.15, -0.1) is 0 Å². The average Bonchev–Trinajstić information content (AvgIpc) is 2.78. The van der Waals surface area contributed by atoms with Crippen LogP contribution in [-0.2, 0) is 16.1 Å². The first-order chi connectivity index (χ1) is 15.4. The van der Waals surface area contributed by atoms with Crippen molar-refractivity contribution in [3.8, 4) is 11.5 Å². The normalized spacial score (nSPS) is 16.3. The molecule has 8 heteroatoms. The van der Waals surface area contributed by atoms with Crippen molar-refractivity contribution in [1.29, 1.82) is 0 Å². The van der Waals surface area contributed by atoms with E-state index in [-0.39, 0.29) is 30.0 Å². The highest BCUT2D eigenvalue weighted by Crippen LogP contribution is 2.28. The van der Waals surface area contributed by atoms with E-state index in [1.54, 1.807) is 33.3 Å². The standard InChI is InChI=1S/C24H25N3O5/c1-14-26-19-6-4-5-18(25-13-15-7-9-17(31-2)12-22(15)32-3)23(19)24(30)27(14)20-10-8-16(28)11-21(20)29/h4-7,9,12,20,25H,8,10-11,13H2,1-3H3. The van der Waals surface area contributed by atoms with E-state index in [1.807, 2.05) is 24.3 Å². The largest absolute Gasteiger partial charge is 0.497 e. The molecular formula is C24H25N3O5. The second kappa shape index (κ2) is 8.82. The van der Waals surface area contributed by atoms with Crippen LogP contribution in [0.25, 0.3) is 10.9 Å². The van der Waals surface area contributed by atoms with Crippen LogP contribution >= 0.6 is 0 Å². The monoisotopic (exact) mass is 435 g/mol. The number of benzene rings is 2. The molecule has 1 N–H and O–H groups in total. The molecule has 1 aromatic heterocycles. The van der Waals surface area contributed by atoms with E-state index in [0.717, 1.165) is 5.56 Å². The summed E-state index contributed by atoms with van der Waals surface area (Å²) in [5.41, 5.74) is 1.78. The molecule has 0 aliphatic heterocycles. The minimum atomic E-state index is -0.660. The number of ketones is 2. The maximum absolute atomic E-state index is 13.5. The Hall–Kier alpha value is -3.68. The molecule has 3 aromatic rings. The molecule has 0 radical (unpaired) electrons. The van der Waals surface area contributed by atoms with E-state index in [9.17, 15) is 14.4 Å². The summed E-state index contributed by atoms with van der Waals surface area (Å²) in [5, 5.41) is 3.72. The van der Waals surface area contributed by atoms with Crippen LogP contribution in [0.15, 0.2) is 41.2 Å². The molecule has 32 heavy (non-hydrogen) atoms. The minimum Gasteiger partial charge on any atom is -0.497 e. The smallest absolute Gasteiger partial charge is 0.264 e. The number of rotatable bonds is 6. The second-order valence-corrected chi connectivity index (χ2v) is 7.80. The van der Waals surface area contributed by atoms with Crippen molar-refractivity contribution in [3.63, 3.8) is 0 Å². The maximum Gasteiger partial charge on any atom is 0.264 e. The summed E-state index contributed by atoms with van der Waals surface area (Å²) in [6.45, 7) is 2.13. The Labute approximate surface area is 185 Å². The van der Waals surface area contributed by atoms with Crippen molar-refractivity contribution in [2.24, 2.45) is 0 Å². The average molecular weight is 435 g/mol. The van der Waals surface area contributed by atoms with Crippen molar-refractivity contribution in [1.82, 2.24) is 9.55 Å². The molecule has 1 fully saturated rings. The van der Waals surface area contributed by atoms with Gasteiger partial charge in [0.05, 0.1) is 37.6 Å². The molecule has 0 spiro atoms. The van der Waals surface area contributed by atoms with Crippen molar-refractivity contribution in [3.05, 3.63) is 58.1 Å². The number of ether oxygens (including phenoxy) is 2. The summed E-state index contributed by atoms with van der Waals surface area (Å²) < 4.78 is 12.1. The first kappa shape index (κ1) is 21.5. The second-order valence-electron chi connectivity index (χ2n) is 7.80. The third-order valence-electron chi connectivity index (χ3n) is 5.82. The lowest BCUT2D eigenvalue weighted by molar-refractivity contribution is -0.132. The highest BCUT2D eigenvalue weighted by Gasteiger charge is 2.31. The molecule has 8 nitrogen and oxygen atoms in total. The van der Waals surface area contributed by atoms with Gasteiger partial charge in [0.2, 0.25) is 0 Å². The van der Waals surface area contributed by atoms with Gasteiger partial charge in [-0.1, -0.05) is 6.07 Å². The van der Waals surface area contributed by atoms with Crippen molar-refractivity contribution in [2.45, 2.75) is 38.8 Å². The van der Waals surface area contributed by atoms with Crippen LogP contribution in [0.2, 0.25) is 0 Å². The van der Waals surface area contributed by atoms with Gasteiger partial charge in [0, 0.05) is 30.3 Å². The zero-order valence-corrected chi connectivity index (χ0v) is 18.3. The summed E-state index contributed by atoms with van der Waals surface area (Å²) in [7, 11) is 3.18. The number of Topliss-reactive ketones (excluding diaryl/α,β-unsaturated/α-hetero) is 2. The lowest BCUT2D eigenvalue weighted by Crippen LogP contribution is -2.36. The van der Waals surface area contributed by atoms with Crippen LogP contribution in [-0.4, -0.2) is 35.3 Å². The molecule has 1 unspecified atom stereocenters. The molecule has 1 saturated carbocycles. The van der Waals surface area contributed by atoms with Crippen LogP contribution in [0.5, 0.6) is 11.5 Å². The highest BCUT2D eigenvalue weighted by molar-refractivity contribution is 6.03. The Morgan fingerprint density at radius 2 is 1.94 bits per heavy atom. The predicted octanol–water partition coefficient (Wildman–Crippen LogP) is 3.20. The van der Waals surface area contributed by atoms with Crippen LogP contribution in [0, 0.1) is 6.92 Å². The summed E-state index contributed by atoms with van der Waals surface area (Å²) in [6, 6.07) is 10.3. The Morgan fingerprint density at radius 1 is 1.12 bits per heavy atom. The van der Waals surface area contributed by atoms with Crippen LogP contribution in [0.3, 0.4) is 0 Å². The minimum absolute atomic E-state index is 0.0819. The maximum atomic E-state index is 13.5. The molecule has 1 atom stereocenters. The number of methoxy groups -OCH3 is 2. The van der Waals surface area contributed by atoms with Gasteiger partial charge in [0.1, 0.15) is 23.1 Å². The van der Waals surface area contributed by atoms with E-state index in [4.69, 9.17) is 9.47 Å². The van der Waals surface area contributed by atoms with Gasteiger partial charge in [-0.25, -0.2) is 4.98 Å². The van der Waals surface area contributed by atoms with Gasteiger partial charge in [-0.05, 0) is 37.6 Å². The molecule has 1 heterocycles. The summed E-state index contributed by atoms with van der Waals surface area (Å²) in [5.74, 6) is 1.50. The van der Waals surface area contributed by atoms with Crippen LogP contribution in [0.4, 0.5) is 5.69 Å². The van der Waals surface area contributed by atoms with Crippen molar-refractivity contribution >= 4 is 28.2 Å². The number of hydrogen-bond acceptors (Lipinski definition) is 7. The van der Waals surface area contributed by atoms with Gasteiger partial charge in [0.25, 0.3) is 5.56 Å². The van der Waals surface area contributed by atoms with Crippen molar-refractivity contribution in [2.75, 3.05) is 19.5 Å². The summed E-state index contributed by atoms with van der Waals surface area (Å²) in [4.78, 5) is 42.3. The Balaban J connectivity index is 1.73. The van der Waals surface area contributed by atoms with Gasteiger partial charge in [0.15, 0.2) is 5.78 Å². The van der Waals surface area contributed by atoms with Gasteiger partial charge in [-0.2, -0.15) is 0 Å². The van der Waals surface area contributed by atoms with Crippen LogP contribution < -0.4 is 20.3 Å². The molecule has 4 rings (SSSR count). The fourth-order valence-electron chi connectivity index (χ4n) is 4.19. The van der Waals surface area contributed by atoms with Gasteiger partial charge >= 0.3 is 0 Å². The number of hydrogen-bond donors (Lipinski definition) is 1. The molecule has 166 valence electrons. The number of nitrogens with one attached hydrogen (secondary N) is 1. The summed E-state index contributed by atoms with van der Waals surface area (Å²) >= 11 is 0.